The lowest BCUT2D eigenvalue weighted by Crippen LogP contribution is -2.43. The van der Waals surface area contributed by atoms with Crippen molar-refractivity contribution in [2.45, 2.75) is 52.1 Å². The van der Waals surface area contributed by atoms with Gasteiger partial charge in [-0.1, -0.05) is 6.92 Å². The van der Waals surface area contributed by atoms with Crippen molar-refractivity contribution in [2.24, 2.45) is 0 Å². The van der Waals surface area contributed by atoms with E-state index in [4.69, 9.17) is 0 Å². The Morgan fingerprint density at radius 2 is 1.94 bits per heavy atom. The monoisotopic (exact) mass is 241 g/mol. The zero-order chi connectivity index (χ0) is 12.7. The molecule has 1 fully saturated rings. The van der Waals surface area contributed by atoms with Crippen molar-refractivity contribution in [3.8, 4) is 0 Å². The molecule has 3 nitrogen and oxygen atoms in total. The van der Waals surface area contributed by atoms with Crippen LogP contribution in [0.15, 0.2) is 0 Å². The van der Waals surface area contributed by atoms with Crippen LogP contribution < -0.4 is 5.32 Å². The van der Waals surface area contributed by atoms with E-state index < -0.39 is 0 Å². The number of nitrogens with zero attached hydrogens (tertiary/aromatic N) is 2. The van der Waals surface area contributed by atoms with Crippen LogP contribution in [0.25, 0.3) is 0 Å². The second kappa shape index (κ2) is 8.06. The van der Waals surface area contributed by atoms with Crippen LogP contribution in [0, 0.1) is 0 Å². The van der Waals surface area contributed by atoms with Gasteiger partial charge in [-0.25, -0.2) is 0 Å². The van der Waals surface area contributed by atoms with Gasteiger partial charge in [0.15, 0.2) is 0 Å². The SMILES string of the molecule is CCN1CCC(NCCCN(C)C(C)C)CC1. The smallest absolute Gasteiger partial charge is 0.00914 e. The van der Waals surface area contributed by atoms with E-state index >= 15 is 0 Å². The van der Waals surface area contributed by atoms with E-state index in [1.807, 2.05) is 0 Å². The molecule has 0 saturated carbocycles. The van der Waals surface area contributed by atoms with Crippen LogP contribution in [0.3, 0.4) is 0 Å². The van der Waals surface area contributed by atoms with Gasteiger partial charge in [-0.15, -0.1) is 0 Å². The topological polar surface area (TPSA) is 18.5 Å². The number of hydrogen-bond donors (Lipinski definition) is 1. The first-order valence-electron chi connectivity index (χ1n) is 7.29. The molecular formula is C14H31N3. The van der Waals surface area contributed by atoms with Gasteiger partial charge in [-0.2, -0.15) is 0 Å². The number of hydrogen-bond acceptors (Lipinski definition) is 3. The van der Waals surface area contributed by atoms with Gasteiger partial charge >= 0.3 is 0 Å². The van der Waals surface area contributed by atoms with Gasteiger partial charge < -0.3 is 15.1 Å². The molecule has 1 heterocycles. The molecule has 0 aliphatic carbocycles. The van der Waals surface area contributed by atoms with Crippen LogP contribution >= 0.6 is 0 Å². The van der Waals surface area contributed by atoms with E-state index in [1.165, 1.54) is 52.0 Å². The molecule has 0 atom stereocenters. The zero-order valence-corrected chi connectivity index (χ0v) is 12.2. The van der Waals surface area contributed by atoms with Gasteiger partial charge in [-0.05, 0) is 72.9 Å². The van der Waals surface area contributed by atoms with Gasteiger partial charge in [0.2, 0.25) is 0 Å². The lowest BCUT2D eigenvalue weighted by atomic mass is 10.1. The van der Waals surface area contributed by atoms with E-state index in [9.17, 15) is 0 Å². The average molecular weight is 241 g/mol. The minimum Gasteiger partial charge on any atom is -0.314 e. The first-order valence-corrected chi connectivity index (χ1v) is 7.29. The second-order valence-corrected chi connectivity index (χ2v) is 5.59. The molecule has 0 bridgehead atoms. The van der Waals surface area contributed by atoms with Gasteiger partial charge in [0.25, 0.3) is 0 Å². The molecule has 1 saturated heterocycles. The largest absolute Gasteiger partial charge is 0.314 e. The summed E-state index contributed by atoms with van der Waals surface area (Å²) in [6.07, 6.45) is 3.92. The lowest BCUT2D eigenvalue weighted by molar-refractivity contribution is 0.203. The van der Waals surface area contributed by atoms with Gasteiger partial charge in [0.1, 0.15) is 0 Å². The highest BCUT2D eigenvalue weighted by atomic mass is 15.1. The van der Waals surface area contributed by atoms with E-state index in [-0.39, 0.29) is 0 Å². The molecule has 1 aliphatic rings. The molecule has 1 rings (SSSR count). The van der Waals surface area contributed by atoms with E-state index in [0.29, 0.717) is 6.04 Å². The van der Waals surface area contributed by atoms with E-state index in [0.717, 1.165) is 6.04 Å². The number of piperidine rings is 1. The Labute approximate surface area is 108 Å². The third-order valence-electron chi connectivity index (χ3n) is 4.04. The van der Waals surface area contributed by atoms with Crippen LogP contribution in [0.1, 0.15) is 40.0 Å². The Morgan fingerprint density at radius 3 is 2.47 bits per heavy atom. The van der Waals surface area contributed by atoms with Crippen LogP contribution in [-0.2, 0) is 0 Å². The number of likely N-dealkylation sites (tertiary alicyclic amines) is 1. The first kappa shape index (κ1) is 14.9. The zero-order valence-electron chi connectivity index (χ0n) is 12.2. The van der Waals surface area contributed by atoms with E-state index in [1.54, 1.807) is 0 Å². The molecule has 0 aromatic heterocycles. The van der Waals surface area contributed by atoms with Crippen molar-refractivity contribution in [3.05, 3.63) is 0 Å². The summed E-state index contributed by atoms with van der Waals surface area (Å²) in [6.45, 7) is 12.9. The molecule has 0 radical (unpaired) electrons. The summed E-state index contributed by atoms with van der Waals surface area (Å²) in [5.41, 5.74) is 0. The molecule has 0 spiro atoms. The summed E-state index contributed by atoms with van der Waals surface area (Å²) >= 11 is 0. The summed E-state index contributed by atoms with van der Waals surface area (Å²) in [4.78, 5) is 4.96. The highest BCUT2D eigenvalue weighted by Gasteiger charge is 2.16. The Kier molecular flexibility index (Phi) is 7.09. The van der Waals surface area contributed by atoms with Crippen molar-refractivity contribution in [2.75, 3.05) is 39.8 Å². The molecule has 0 amide bonds. The predicted octanol–water partition coefficient (Wildman–Crippen LogP) is 1.79. The maximum atomic E-state index is 3.71. The molecule has 3 heteroatoms. The molecule has 0 aromatic carbocycles. The maximum Gasteiger partial charge on any atom is 0.00914 e. The second-order valence-electron chi connectivity index (χ2n) is 5.59. The summed E-state index contributed by atoms with van der Waals surface area (Å²) in [7, 11) is 2.21. The minimum atomic E-state index is 0.669. The third kappa shape index (κ3) is 5.84. The number of rotatable bonds is 7. The van der Waals surface area contributed by atoms with Gasteiger partial charge in [0, 0.05) is 12.1 Å². The van der Waals surface area contributed by atoms with Crippen molar-refractivity contribution in [1.82, 2.24) is 15.1 Å². The standard InChI is InChI=1S/C14H31N3/c1-5-17-11-7-14(8-12-17)15-9-6-10-16(4)13(2)3/h13-15H,5-12H2,1-4H3. The maximum absolute atomic E-state index is 3.71. The molecule has 1 N–H and O–H groups in total. The molecule has 0 unspecified atom stereocenters. The highest BCUT2D eigenvalue weighted by molar-refractivity contribution is 4.76. The van der Waals surface area contributed by atoms with Crippen molar-refractivity contribution >= 4 is 0 Å². The first-order chi connectivity index (χ1) is 8.13. The van der Waals surface area contributed by atoms with Gasteiger partial charge in [-0.3, -0.25) is 0 Å². The van der Waals surface area contributed by atoms with Crippen LogP contribution in [0.2, 0.25) is 0 Å². The lowest BCUT2D eigenvalue weighted by Gasteiger charge is -2.31. The summed E-state index contributed by atoms with van der Waals surface area (Å²) in [6, 6.07) is 1.44. The quantitative estimate of drug-likeness (QED) is 0.686. The molecular weight excluding hydrogens is 210 g/mol. The summed E-state index contributed by atoms with van der Waals surface area (Å²) < 4.78 is 0. The fraction of sp³-hybridized carbons (Fsp3) is 1.00. The van der Waals surface area contributed by atoms with Crippen LogP contribution in [0.4, 0.5) is 0 Å². The molecule has 0 aromatic rings. The number of nitrogens with one attached hydrogen (secondary N) is 1. The molecule has 17 heavy (non-hydrogen) atoms. The third-order valence-corrected chi connectivity index (χ3v) is 4.04. The molecule has 102 valence electrons. The molecule has 1 aliphatic heterocycles. The fourth-order valence-corrected chi connectivity index (χ4v) is 2.35. The summed E-state index contributed by atoms with van der Waals surface area (Å²) in [5.74, 6) is 0. The van der Waals surface area contributed by atoms with Crippen molar-refractivity contribution in [1.29, 1.82) is 0 Å². The van der Waals surface area contributed by atoms with Crippen LogP contribution in [0.5, 0.6) is 0 Å². The minimum absolute atomic E-state index is 0.669. The normalized spacial score (nSPS) is 19.4. The Bertz CT molecular complexity index is 186. The van der Waals surface area contributed by atoms with Crippen LogP contribution in [-0.4, -0.2) is 61.7 Å². The van der Waals surface area contributed by atoms with E-state index in [2.05, 4.69) is 42.9 Å². The summed E-state index contributed by atoms with van der Waals surface area (Å²) in [5, 5.41) is 3.71. The fourth-order valence-electron chi connectivity index (χ4n) is 2.35. The van der Waals surface area contributed by atoms with Gasteiger partial charge in [0.05, 0.1) is 0 Å². The predicted molar refractivity (Wildman–Crippen MR) is 75.5 cm³/mol. The van der Waals surface area contributed by atoms with Crippen molar-refractivity contribution < 1.29 is 0 Å². The van der Waals surface area contributed by atoms with Crippen molar-refractivity contribution in [3.63, 3.8) is 0 Å². The average Bonchev–Trinajstić information content (AvgIpc) is 2.35. The Morgan fingerprint density at radius 1 is 1.29 bits per heavy atom. The Balaban J connectivity index is 2.00. The highest BCUT2D eigenvalue weighted by Crippen LogP contribution is 2.09. The Hall–Kier alpha value is -0.120.